The van der Waals surface area contributed by atoms with E-state index in [9.17, 15) is 5.11 Å². The molecule has 0 aromatic carbocycles. The number of aliphatic hydroxyl groups is 1. The Morgan fingerprint density at radius 2 is 2.05 bits per heavy atom. The summed E-state index contributed by atoms with van der Waals surface area (Å²) in [5.41, 5.74) is 0. The molecule has 0 aromatic rings. The Morgan fingerprint density at radius 3 is 2.81 bits per heavy atom. The number of ether oxygens (including phenoxy) is 1. The molecule has 2 heterocycles. The highest BCUT2D eigenvalue weighted by Crippen LogP contribution is 2.15. The highest BCUT2D eigenvalue weighted by atomic mass is 16.5. The third-order valence-electron chi connectivity index (χ3n) is 4.69. The molecule has 2 saturated heterocycles. The summed E-state index contributed by atoms with van der Waals surface area (Å²) in [4.78, 5) is 4.89. The van der Waals surface area contributed by atoms with Gasteiger partial charge in [0.05, 0.1) is 19.3 Å². The van der Waals surface area contributed by atoms with Crippen molar-refractivity contribution in [3.63, 3.8) is 0 Å². The fourth-order valence-corrected chi connectivity index (χ4v) is 3.31. The van der Waals surface area contributed by atoms with Crippen LogP contribution in [-0.2, 0) is 4.74 Å². The van der Waals surface area contributed by atoms with Crippen LogP contribution in [0.25, 0.3) is 0 Å². The molecule has 21 heavy (non-hydrogen) atoms. The average Bonchev–Trinajstić information content (AvgIpc) is 2.50. The zero-order valence-corrected chi connectivity index (χ0v) is 13.6. The third kappa shape index (κ3) is 6.61. The third-order valence-corrected chi connectivity index (χ3v) is 4.69. The standard InChI is InChI=1S/C16H33N3O2/c1-15-5-2-3-7-19(15)8-4-6-17-13-16(20)14-18-9-11-21-12-10-18/h15-17,20H,2-14H2,1H3. The van der Waals surface area contributed by atoms with Crippen LogP contribution in [0.1, 0.15) is 32.6 Å². The lowest BCUT2D eigenvalue weighted by atomic mass is 10.0. The summed E-state index contributed by atoms with van der Waals surface area (Å²) in [5.74, 6) is 0. The molecule has 2 N–H and O–H groups in total. The van der Waals surface area contributed by atoms with Crippen molar-refractivity contribution in [1.29, 1.82) is 0 Å². The van der Waals surface area contributed by atoms with Crippen molar-refractivity contribution >= 4 is 0 Å². The second-order valence-corrected chi connectivity index (χ2v) is 6.51. The van der Waals surface area contributed by atoms with E-state index >= 15 is 0 Å². The lowest BCUT2D eigenvalue weighted by Gasteiger charge is -2.33. The van der Waals surface area contributed by atoms with Crippen molar-refractivity contribution in [3.05, 3.63) is 0 Å². The van der Waals surface area contributed by atoms with E-state index in [2.05, 4.69) is 22.0 Å². The van der Waals surface area contributed by atoms with Crippen LogP contribution in [-0.4, -0.2) is 86.1 Å². The van der Waals surface area contributed by atoms with Gasteiger partial charge < -0.3 is 20.1 Å². The van der Waals surface area contributed by atoms with Crippen LogP contribution >= 0.6 is 0 Å². The molecular weight excluding hydrogens is 266 g/mol. The molecule has 0 saturated carbocycles. The highest BCUT2D eigenvalue weighted by molar-refractivity contribution is 4.73. The van der Waals surface area contributed by atoms with E-state index in [0.29, 0.717) is 6.54 Å². The number of piperidine rings is 1. The summed E-state index contributed by atoms with van der Waals surface area (Å²) in [6.07, 6.45) is 5.01. The summed E-state index contributed by atoms with van der Waals surface area (Å²) >= 11 is 0. The lowest BCUT2D eigenvalue weighted by molar-refractivity contribution is 0.0149. The number of nitrogens with zero attached hydrogens (tertiary/aromatic N) is 2. The Bertz CT molecular complexity index is 272. The minimum absolute atomic E-state index is 0.267. The zero-order chi connectivity index (χ0) is 14.9. The number of morpholine rings is 1. The molecule has 5 heteroatoms. The van der Waals surface area contributed by atoms with Gasteiger partial charge in [-0.25, -0.2) is 0 Å². The number of likely N-dealkylation sites (tertiary alicyclic amines) is 1. The first-order chi connectivity index (χ1) is 10.3. The number of rotatable bonds is 8. The molecule has 2 unspecified atom stereocenters. The maximum atomic E-state index is 10.0. The van der Waals surface area contributed by atoms with E-state index < -0.39 is 0 Å². The molecule has 2 aliphatic heterocycles. The Morgan fingerprint density at radius 1 is 1.24 bits per heavy atom. The summed E-state index contributed by atoms with van der Waals surface area (Å²) in [6, 6.07) is 0.755. The second-order valence-electron chi connectivity index (χ2n) is 6.51. The van der Waals surface area contributed by atoms with E-state index in [1.165, 1.54) is 38.8 Å². The van der Waals surface area contributed by atoms with Gasteiger partial charge in [0.1, 0.15) is 0 Å². The lowest BCUT2D eigenvalue weighted by Crippen LogP contribution is -2.44. The van der Waals surface area contributed by atoms with Gasteiger partial charge in [-0.15, -0.1) is 0 Å². The van der Waals surface area contributed by atoms with Crippen LogP contribution in [0.2, 0.25) is 0 Å². The zero-order valence-electron chi connectivity index (χ0n) is 13.6. The van der Waals surface area contributed by atoms with Crippen molar-refractivity contribution in [2.45, 2.75) is 44.8 Å². The molecule has 0 aliphatic carbocycles. The van der Waals surface area contributed by atoms with Crippen molar-refractivity contribution in [2.75, 3.05) is 59.0 Å². The first-order valence-corrected chi connectivity index (χ1v) is 8.68. The summed E-state index contributed by atoms with van der Waals surface area (Å²) in [5, 5.41) is 13.4. The Labute approximate surface area is 129 Å². The van der Waals surface area contributed by atoms with Gasteiger partial charge in [0.25, 0.3) is 0 Å². The molecule has 0 bridgehead atoms. The SMILES string of the molecule is CC1CCCCN1CCCNCC(O)CN1CCOCC1. The quantitative estimate of drug-likeness (QED) is 0.641. The van der Waals surface area contributed by atoms with Gasteiger partial charge in [-0.1, -0.05) is 6.42 Å². The van der Waals surface area contributed by atoms with Gasteiger partial charge >= 0.3 is 0 Å². The van der Waals surface area contributed by atoms with Crippen molar-refractivity contribution in [2.24, 2.45) is 0 Å². The number of nitrogens with one attached hydrogen (secondary N) is 1. The molecule has 0 aromatic heterocycles. The summed E-state index contributed by atoms with van der Waals surface area (Å²) in [6.45, 7) is 10.8. The maximum Gasteiger partial charge on any atom is 0.0791 e. The molecule has 2 fully saturated rings. The first-order valence-electron chi connectivity index (χ1n) is 8.68. The molecular formula is C16H33N3O2. The van der Waals surface area contributed by atoms with E-state index in [0.717, 1.165) is 45.4 Å². The van der Waals surface area contributed by atoms with Crippen molar-refractivity contribution in [3.8, 4) is 0 Å². The molecule has 2 rings (SSSR count). The van der Waals surface area contributed by atoms with Crippen LogP contribution in [0, 0.1) is 0 Å². The van der Waals surface area contributed by atoms with E-state index in [1.807, 2.05) is 0 Å². The van der Waals surface area contributed by atoms with Gasteiger partial charge in [0.15, 0.2) is 0 Å². The fraction of sp³-hybridized carbons (Fsp3) is 1.00. The molecule has 124 valence electrons. The fourth-order valence-electron chi connectivity index (χ4n) is 3.31. The minimum atomic E-state index is -0.267. The van der Waals surface area contributed by atoms with Gasteiger partial charge in [-0.2, -0.15) is 0 Å². The average molecular weight is 299 g/mol. The topological polar surface area (TPSA) is 48.0 Å². The largest absolute Gasteiger partial charge is 0.390 e. The van der Waals surface area contributed by atoms with E-state index in [-0.39, 0.29) is 6.10 Å². The molecule has 0 amide bonds. The summed E-state index contributed by atoms with van der Waals surface area (Å²) < 4.78 is 5.32. The molecule has 5 nitrogen and oxygen atoms in total. The predicted molar refractivity (Wildman–Crippen MR) is 85.6 cm³/mol. The smallest absolute Gasteiger partial charge is 0.0791 e. The van der Waals surface area contributed by atoms with Crippen molar-refractivity contribution < 1.29 is 9.84 Å². The minimum Gasteiger partial charge on any atom is -0.390 e. The second kappa shape index (κ2) is 9.74. The van der Waals surface area contributed by atoms with Crippen molar-refractivity contribution in [1.82, 2.24) is 15.1 Å². The molecule has 0 spiro atoms. The summed E-state index contributed by atoms with van der Waals surface area (Å²) in [7, 11) is 0. The van der Waals surface area contributed by atoms with E-state index in [4.69, 9.17) is 4.74 Å². The number of β-amino-alcohol motifs (C(OH)–C–C–N with tert-alkyl or cyclic N) is 1. The van der Waals surface area contributed by atoms with Crippen LogP contribution in [0.15, 0.2) is 0 Å². The number of hydrogen-bond acceptors (Lipinski definition) is 5. The maximum absolute atomic E-state index is 10.0. The normalized spacial score (nSPS) is 26.9. The first kappa shape index (κ1) is 17.2. The number of aliphatic hydroxyl groups excluding tert-OH is 1. The van der Waals surface area contributed by atoms with E-state index in [1.54, 1.807) is 0 Å². The van der Waals surface area contributed by atoms with Gasteiger partial charge in [0, 0.05) is 32.2 Å². The highest BCUT2D eigenvalue weighted by Gasteiger charge is 2.17. The van der Waals surface area contributed by atoms with Crippen LogP contribution in [0.3, 0.4) is 0 Å². The van der Waals surface area contributed by atoms with Crippen LogP contribution in [0.5, 0.6) is 0 Å². The van der Waals surface area contributed by atoms with Gasteiger partial charge in [-0.3, -0.25) is 4.90 Å². The molecule has 0 radical (unpaired) electrons. The Hall–Kier alpha value is -0.200. The van der Waals surface area contributed by atoms with Gasteiger partial charge in [-0.05, 0) is 45.8 Å². The van der Waals surface area contributed by atoms with Gasteiger partial charge in [0.2, 0.25) is 0 Å². The molecule has 2 atom stereocenters. The Kier molecular flexibility index (Phi) is 7.96. The Balaban J connectivity index is 1.47. The van der Waals surface area contributed by atoms with Crippen LogP contribution < -0.4 is 5.32 Å². The molecule has 2 aliphatic rings. The van der Waals surface area contributed by atoms with Crippen LogP contribution in [0.4, 0.5) is 0 Å². The number of hydrogen-bond donors (Lipinski definition) is 2. The monoisotopic (exact) mass is 299 g/mol. The predicted octanol–water partition coefficient (Wildman–Crippen LogP) is 0.534.